The highest BCUT2D eigenvalue weighted by molar-refractivity contribution is 5.89. The van der Waals surface area contributed by atoms with E-state index in [4.69, 9.17) is 23.7 Å². The first-order valence-electron chi connectivity index (χ1n) is 16.9. The number of esters is 1. The highest BCUT2D eigenvalue weighted by Gasteiger charge is 2.42. The Hall–Kier alpha value is -5.82. The molecule has 7 rings (SSSR count). The second kappa shape index (κ2) is 15.2. The molecule has 0 aliphatic carbocycles. The van der Waals surface area contributed by atoms with Gasteiger partial charge in [0.1, 0.15) is 36.1 Å². The number of ether oxygens (including phenoxy) is 5. The Bertz CT molecular complexity index is 2120. The zero-order chi connectivity index (χ0) is 36.1. The molecule has 0 saturated carbocycles. The number of rotatable bonds is 13. The van der Waals surface area contributed by atoms with E-state index in [2.05, 4.69) is 9.97 Å². The van der Waals surface area contributed by atoms with E-state index < -0.39 is 35.6 Å². The number of carbonyl (C=O) groups excluding carboxylic acids is 1. The third-order valence-corrected chi connectivity index (χ3v) is 9.22. The van der Waals surface area contributed by atoms with Crippen LogP contribution in [0.1, 0.15) is 39.7 Å². The lowest BCUT2D eigenvalue weighted by molar-refractivity contribution is -0.0851. The third kappa shape index (κ3) is 6.79. The molecule has 3 heterocycles. The summed E-state index contributed by atoms with van der Waals surface area (Å²) in [6.45, 7) is 0.195. The number of benzene rings is 4. The lowest BCUT2D eigenvalue weighted by atomic mass is 9.80. The number of nitrogens with zero attached hydrogens (tertiary/aromatic N) is 4. The molecule has 266 valence electrons. The van der Waals surface area contributed by atoms with Crippen molar-refractivity contribution in [1.29, 1.82) is 0 Å². The topological polar surface area (TPSA) is 136 Å². The molecule has 52 heavy (non-hydrogen) atoms. The third-order valence-electron chi connectivity index (χ3n) is 9.22. The number of carbonyl (C=O) groups is 1. The molecule has 0 bridgehead atoms. The van der Waals surface area contributed by atoms with Crippen LogP contribution in [0.25, 0.3) is 11.2 Å². The molecule has 1 aliphatic heterocycles. The first-order chi connectivity index (χ1) is 25.4. The largest absolute Gasteiger partial charge is 0.497 e. The van der Waals surface area contributed by atoms with Gasteiger partial charge in [0.05, 0.1) is 45.4 Å². The van der Waals surface area contributed by atoms with Gasteiger partial charge in [0.25, 0.3) is 5.56 Å². The molecule has 12 heteroatoms. The van der Waals surface area contributed by atoms with Crippen molar-refractivity contribution in [3.8, 4) is 11.5 Å². The van der Waals surface area contributed by atoms with Crippen LogP contribution >= 0.6 is 0 Å². The lowest BCUT2D eigenvalue weighted by Gasteiger charge is -2.37. The zero-order valence-corrected chi connectivity index (χ0v) is 28.7. The van der Waals surface area contributed by atoms with Gasteiger partial charge >= 0.3 is 5.97 Å². The van der Waals surface area contributed by atoms with Gasteiger partial charge in [0, 0.05) is 6.42 Å². The van der Waals surface area contributed by atoms with Crippen molar-refractivity contribution in [3.05, 3.63) is 154 Å². The number of imidazole rings is 1. The summed E-state index contributed by atoms with van der Waals surface area (Å²) in [6.07, 6.45) is 0.779. The van der Waals surface area contributed by atoms with Crippen LogP contribution < -0.4 is 15.0 Å². The molecule has 4 aromatic carbocycles. The van der Waals surface area contributed by atoms with E-state index in [1.165, 1.54) is 17.2 Å². The molecule has 12 nitrogen and oxygen atoms in total. The SMILES string of the molecule is COc1ccc(C(OC[C@@H]2C[C@@H](O)[C@H](n3cnc4c(=O)n(CCOC(=O)c5ccccc5)cnc43)O2)(c2ccccc2)c2ccc(OC)cc2)cc1. The summed E-state index contributed by atoms with van der Waals surface area (Å²) in [5, 5.41) is 11.3. The molecule has 0 radical (unpaired) electrons. The van der Waals surface area contributed by atoms with Crippen molar-refractivity contribution in [3.63, 3.8) is 0 Å². The van der Waals surface area contributed by atoms with E-state index in [0.29, 0.717) is 17.1 Å². The Labute approximate surface area is 299 Å². The molecule has 1 fully saturated rings. The Morgan fingerprint density at radius 2 is 1.42 bits per heavy atom. The molecule has 6 aromatic rings. The minimum atomic E-state index is -1.06. The molecule has 0 spiro atoms. The highest BCUT2D eigenvalue weighted by atomic mass is 16.6. The Morgan fingerprint density at radius 3 is 2.04 bits per heavy atom. The van der Waals surface area contributed by atoms with Gasteiger partial charge in [-0.15, -0.1) is 0 Å². The molecule has 1 saturated heterocycles. The maximum atomic E-state index is 13.3. The molecule has 1 N–H and O–H groups in total. The zero-order valence-electron chi connectivity index (χ0n) is 28.7. The van der Waals surface area contributed by atoms with Crippen molar-refractivity contribution >= 4 is 17.1 Å². The second-order valence-corrected chi connectivity index (χ2v) is 12.3. The van der Waals surface area contributed by atoms with Crippen molar-refractivity contribution in [2.45, 2.75) is 37.0 Å². The summed E-state index contributed by atoms with van der Waals surface area (Å²) >= 11 is 0. The fraction of sp³-hybridized carbons (Fsp3) is 0.250. The molecule has 0 unspecified atom stereocenters. The van der Waals surface area contributed by atoms with Crippen LogP contribution in [-0.2, 0) is 26.4 Å². The van der Waals surface area contributed by atoms with Crippen molar-refractivity contribution in [2.24, 2.45) is 0 Å². The van der Waals surface area contributed by atoms with Crippen LogP contribution in [0.4, 0.5) is 0 Å². The van der Waals surface area contributed by atoms with Crippen LogP contribution in [0.2, 0.25) is 0 Å². The van der Waals surface area contributed by atoms with Gasteiger partial charge in [-0.2, -0.15) is 0 Å². The van der Waals surface area contributed by atoms with Gasteiger partial charge in [-0.3, -0.25) is 13.9 Å². The number of aliphatic hydroxyl groups excluding tert-OH is 1. The van der Waals surface area contributed by atoms with E-state index in [0.717, 1.165) is 16.7 Å². The molecule has 0 amide bonds. The van der Waals surface area contributed by atoms with Gasteiger partial charge in [0.2, 0.25) is 0 Å². The maximum Gasteiger partial charge on any atom is 0.338 e. The minimum Gasteiger partial charge on any atom is -0.497 e. The van der Waals surface area contributed by atoms with Crippen molar-refractivity contribution in [1.82, 2.24) is 19.1 Å². The first kappa shape index (κ1) is 34.6. The van der Waals surface area contributed by atoms with E-state index >= 15 is 0 Å². The fourth-order valence-electron chi connectivity index (χ4n) is 6.57. The monoisotopic (exact) mass is 702 g/mol. The van der Waals surface area contributed by atoms with Crippen molar-refractivity contribution in [2.75, 3.05) is 27.4 Å². The molecule has 2 aromatic heterocycles. The standard InChI is InChI=1S/C40H38N4O8/c1-48-31-17-13-29(14-18-31)40(28-11-7-4-8-12-28,30-15-19-32(49-2)20-16-30)51-24-33-23-34(45)38(52-33)44-26-41-35-36(44)42-25-43(37(35)46)21-22-50-39(47)27-9-5-3-6-10-27/h3-20,25-26,33-34,38,45H,21-24H2,1-2H3/t33-,34+,38+/m0/s1. The summed E-state index contributed by atoms with van der Waals surface area (Å²) in [4.78, 5) is 34.4. The average molecular weight is 703 g/mol. The van der Waals surface area contributed by atoms with E-state index in [-0.39, 0.29) is 37.3 Å². The van der Waals surface area contributed by atoms with Crippen molar-refractivity contribution < 1.29 is 33.6 Å². The summed E-state index contributed by atoms with van der Waals surface area (Å²) < 4.78 is 32.5. The van der Waals surface area contributed by atoms with E-state index in [1.54, 1.807) is 43.1 Å². The van der Waals surface area contributed by atoms with E-state index in [9.17, 15) is 14.7 Å². The Kier molecular flexibility index (Phi) is 10.1. The number of hydrogen-bond donors (Lipinski definition) is 1. The second-order valence-electron chi connectivity index (χ2n) is 12.3. The van der Waals surface area contributed by atoms with Gasteiger partial charge in [-0.25, -0.2) is 14.8 Å². The fourth-order valence-corrected chi connectivity index (χ4v) is 6.57. The van der Waals surface area contributed by atoms with Crippen LogP contribution in [0.3, 0.4) is 0 Å². The molecule has 1 aliphatic rings. The maximum absolute atomic E-state index is 13.3. The van der Waals surface area contributed by atoms with Gasteiger partial charge in [-0.05, 0) is 53.1 Å². The average Bonchev–Trinajstić information content (AvgIpc) is 3.80. The minimum absolute atomic E-state index is 0.0226. The number of aliphatic hydroxyl groups is 1. The van der Waals surface area contributed by atoms with Crippen LogP contribution in [-0.4, -0.2) is 69.8 Å². The van der Waals surface area contributed by atoms with Crippen LogP contribution in [0, 0.1) is 0 Å². The quantitative estimate of drug-likeness (QED) is 0.128. The predicted octanol–water partition coefficient (Wildman–Crippen LogP) is 5.12. The highest BCUT2D eigenvalue weighted by Crippen LogP contribution is 2.43. The summed E-state index contributed by atoms with van der Waals surface area (Å²) in [7, 11) is 3.25. The summed E-state index contributed by atoms with van der Waals surface area (Å²) in [6, 6.07) is 34.1. The van der Waals surface area contributed by atoms with E-state index in [1.807, 2.05) is 84.9 Å². The predicted molar refractivity (Wildman–Crippen MR) is 191 cm³/mol. The number of aromatic nitrogens is 4. The van der Waals surface area contributed by atoms with Crippen LogP contribution in [0.15, 0.2) is 127 Å². The first-order valence-corrected chi connectivity index (χ1v) is 16.9. The normalized spacial score (nSPS) is 17.2. The van der Waals surface area contributed by atoms with Gasteiger partial charge < -0.3 is 28.8 Å². The molecule has 3 atom stereocenters. The van der Waals surface area contributed by atoms with Crippen LogP contribution in [0.5, 0.6) is 11.5 Å². The number of hydrogen-bond acceptors (Lipinski definition) is 10. The number of methoxy groups -OCH3 is 2. The smallest absolute Gasteiger partial charge is 0.338 e. The van der Waals surface area contributed by atoms with Gasteiger partial charge in [-0.1, -0.05) is 72.8 Å². The number of fused-ring (bicyclic) bond motifs is 1. The Balaban J connectivity index is 1.12. The molecular formula is C40H38N4O8. The summed E-state index contributed by atoms with van der Waals surface area (Å²) in [5.74, 6) is 0.946. The summed E-state index contributed by atoms with van der Waals surface area (Å²) in [5.41, 5.74) is 1.97. The molecular weight excluding hydrogens is 664 g/mol. The Morgan fingerprint density at radius 1 is 0.827 bits per heavy atom. The van der Waals surface area contributed by atoms with Gasteiger partial charge in [0.15, 0.2) is 17.4 Å². The lowest BCUT2D eigenvalue weighted by Crippen LogP contribution is -2.35.